The lowest BCUT2D eigenvalue weighted by atomic mass is 9.99. The Morgan fingerprint density at radius 2 is 1.88 bits per heavy atom. The molecule has 5 nitrogen and oxygen atoms in total. The number of carboxylic acids is 1. The van der Waals surface area contributed by atoms with E-state index in [9.17, 15) is 9.90 Å². The van der Waals surface area contributed by atoms with Crippen molar-refractivity contribution in [3.05, 3.63) is 65.9 Å². The third kappa shape index (κ3) is 3.37. The number of methoxy groups -OCH3 is 2. The van der Waals surface area contributed by atoms with Crippen LogP contribution in [-0.2, 0) is 16.1 Å². The second kappa shape index (κ2) is 7.40. The number of aromatic nitrogens is 1. The number of carbonyl (C=O) groups is 1. The van der Waals surface area contributed by atoms with Crippen molar-refractivity contribution < 1.29 is 19.4 Å². The number of ether oxygens (including phenoxy) is 2. The van der Waals surface area contributed by atoms with Crippen LogP contribution in [0.5, 0.6) is 5.75 Å². The summed E-state index contributed by atoms with van der Waals surface area (Å²) in [6, 6.07) is 15.8. The van der Waals surface area contributed by atoms with Gasteiger partial charge in [0.1, 0.15) is 11.7 Å². The molecule has 0 spiro atoms. The monoisotopic (exact) mass is 339 g/mol. The molecule has 1 heterocycles. The highest BCUT2D eigenvalue weighted by Gasteiger charge is 2.26. The third-order valence-corrected chi connectivity index (χ3v) is 4.32. The van der Waals surface area contributed by atoms with Gasteiger partial charge in [0.05, 0.1) is 19.2 Å². The van der Waals surface area contributed by atoms with Crippen molar-refractivity contribution in [2.45, 2.75) is 12.5 Å². The third-order valence-electron chi connectivity index (χ3n) is 4.32. The molecule has 25 heavy (non-hydrogen) atoms. The summed E-state index contributed by atoms with van der Waals surface area (Å²) in [4.78, 5) is 11.8. The van der Waals surface area contributed by atoms with Gasteiger partial charge in [-0.3, -0.25) is 4.79 Å². The average Bonchev–Trinajstić information content (AvgIpc) is 2.98. The summed E-state index contributed by atoms with van der Waals surface area (Å²) in [6.07, 6.45) is 1.90. The predicted octanol–water partition coefficient (Wildman–Crippen LogP) is 3.51. The smallest absolute Gasteiger partial charge is 0.313 e. The first kappa shape index (κ1) is 17.0. The van der Waals surface area contributed by atoms with E-state index in [1.165, 1.54) is 7.11 Å². The maximum absolute atomic E-state index is 11.8. The van der Waals surface area contributed by atoms with E-state index in [1.807, 2.05) is 42.6 Å². The summed E-state index contributed by atoms with van der Waals surface area (Å²) in [5.41, 5.74) is 2.80. The maximum atomic E-state index is 11.8. The van der Waals surface area contributed by atoms with Crippen LogP contribution < -0.4 is 4.74 Å². The van der Waals surface area contributed by atoms with Gasteiger partial charge in [0.15, 0.2) is 0 Å². The van der Waals surface area contributed by atoms with Gasteiger partial charge >= 0.3 is 5.97 Å². The Balaban J connectivity index is 2.17. The van der Waals surface area contributed by atoms with Gasteiger partial charge in [0, 0.05) is 25.2 Å². The van der Waals surface area contributed by atoms with Crippen molar-refractivity contribution in [2.75, 3.05) is 20.8 Å². The molecule has 1 unspecified atom stereocenters. The summed E-state index contributed by atoms with van der Waals surface area (Å²) in [5.74, 6) is -0.992. The van der Waals surface area contributed by atoms with Crippen LogP contribution in [0.1, 0.15) is 17.0 Å². The van der Waals surface area contributed by atoms with Gasteiger partial charge in [-0.2, -0.15) is 0 Å². The minimum atomic E-state index is -0.911. The first-order valence-electron chi connectivity index (χ1n) is 8.07. The van der Waals surface area contributed by atoms with Crippen molar-refractivity contribution in [2.24, 2.45) is 0 Å². The molecule has 0 fully saturated rings. The average molecular weight is 339 g/mol. The van der Waals surface area contributed by atoms with Crippen LogP contribution in [0.15, 0.2) is 54.7 Å². The number of aliphatic carboxylic acids is 1. The number of carboxylic acid groups (broad SMARTS) is 1. The quantitative estimate of drug-likeness (QED) is 0.715. The second-order valence-electron chi connectivity index (χ2n) is 5.90. The topological polar surface area (TPSA) is 60.7 Å². The highest BCUT2D eigenvalue weighted by Crippen LogP contribution is 2.35. The Morgan fingerprint density at radius 1 is 1.12 bits per heavy atom. The summed E-state index contributed by atoms with van der Waals surface area (Å²) < 4.78 is 12.7. The van der Waals surface area contributed by atoms with Crippen LogP contribution in [0.25, 0.3) is 10.9 Å². The molecule has 0 amide bonds. The van der Waals surface area contributed by atoms with E-state index in [4.69, 9.17) is 9.47 Å². The molecule has 5 heteroatoms. The van der Waals surface area contributed by atoms with E-state index in [2.05, 4.69) is 16.7 Å². The molecule has 0 aliphatic rings. The second-order valence-corrected chi connectivity index (χ2v) is 5.90. The van der Waals surface area contributed by atoms with E-state index in [-0.39, 0.29) is 6.61 Å². The molecule has 0 saturated carbocycles. The van der Waals surface area contributed by atoms with E-state index >= 15 is 0 Å². The van der Waals surface area contributed by atoms with Crippen LogP contribution in [0.3, 0.4) is 0 Å². The van der Waals surface area contributed by atoms with Crippen LogP contribution >= 0.6 is 0 Å². The van der Waals surface area contributed by atoms with Gasteiger partial charge in [-0.15, -0.1) is 0 Å². The zero-order valence-corrected chi connectivity index (χ0v) is 14.3. The van der Waals surface area contributed by atoms with Crippen LogP contribution in [0, 0.1) is 0 Å². The van der Waals surface area contributed by atoms with Crippen molar-refractivity contribution >= 4 is 16.9 Å². The molecular formula is C20H21NO4. The molecule has 0 aliphatic carbocycles. The minimum absolute atomic E-state index is 0.109. The number of hydrogen-bond acceptors (Lipinski definition) is 3. The summed E-state index contributed by atoms with van der Waals surface area (Å²) in [7, 11) is 3.11. The van der Waals surface area contributed by atoms with E-state index < -0.39 is 11.9 Å². The SMILES string of the molecule is COCC(C(=O)O)c1cn(Cc2ccccc2)c2cccc(OC)c12. The molecule has 0 radical (unpaired) electrons. The lowest BCUT2D eigenvalue weighted by Crippen LogP contribution is -2.16. The summed E-state index contributed by atoms with van der Waals surface area (Å²) in [5, 5.41) is 10.5. The van der Waals surface area contributed by atoms with Gasteiger partial charge in [0.2, 0.25) is 0 Å². The van der Waals surface area contributed by atoms with E-state index in [0.29, 0.717) is 17.9 Å². The predicted molar refractivity (Wildman–Crippen MR) is 96.3 cm³/mol. The lowest BCUT2D eigenvalue weighted by Gasteiger charge is -2.11. The van der Waals surface area contributed by atoms with Crippen LogP contribution in [0.4, 0.5) is 0 Å². The summed E-state index contributed by atoms with van der Waals surface area (Å²) >= 11 is 0. The van der Waals surface area contributed by atoms with Crippen molar-refractivity contribution in [3.63, 3.8) is 0 Å². The van der Waals surface area contributed by atoms with E-state index in [0.717, 1.165) is 16.5 Å². The fourth-order valence-electron chi connectivity index (χ4n) is 3.16. The molecule has 0 bridgehead atoms. The van der Waals surface area contributed by atoms with Gasteiger partial charge in [-0.05, 0) is 23.3 Å². The van der Waals surface area contributed by atoms with Crippen LogP contribution in [-0.4, -0.2) is 36.5 Å². The zero-order chi connectivity index (χ0) is 17.8. The Bertz CT molecular complexity index is 870. The highest BCUT2D eigenvalue weighted by atomic mass is 16.5. The molecule has 0 saturated heterocycles. The lowest BCUT2D eigenvalue weighted by molar-refractivity contribution is -0.140. The molecule has 130 valence electrons. The Labute approximate surface area is 146 Å². The normalized spacial score (nSPS) is 12.2. The molecule has 1 aromatic heterocycles. The Morgan fingerprint density at radius 3 is 2.52 bits per heavy atom. The highest BCUT2D eigenvalue weighted by molar-refractivity contribution is 5.94. The number of hydrogen-bond donors (Lipinski definition) is 1. The molecule has 1 N–H and O–H groups in total. The summed E-state index contributed by atoms with van der Waals surface area (Å²) in [6.45, 7) is 0.766. The number of fused-ring (bicyclic) bond motifs is 1. The van der Waals surface area contributed by atoms with Crippen molar-refractivity contribution in [1.82, 2.24) is 4.57 Å². The first-order chi connectivity index (χ1) is 12.2. The largest absolute Gasteiger partial charge is 0.496 e. The standard InChI is InChI=1S/C20H21NO4/c1-24-13-16(20(22)23)15-12-21(11-14-7-4-3-5-8-14)17-9-6-10-18(25-2)19(15)17/h3-10,12,16H,11,13H2,1-2H3,(H,22,23). The van der Waals surface area contributed by atoms with Crippen molar-refractivity contribution in [3.8, 4) is 5.75 Å². The molecule has 3 aromatic rings. The Hall–Kier alpha value is -2.79. The zero-order valence-electron chi connectivity index (χ0n) is 14.3. The van der Waals surface area contributed by atoms with Crippen molar-refractivity contribution in [1.29, 1.82) is 0 Å². The number of benzene rings is 2. The van der Waals surface area contributed by atoms with Crippen LogP contribution in [0.2, 0.25) is 0 Å². The Kier molecular flexibility index (Phi) is 5.05. The van der Waals surface area contributed by atoms with Gasteiger partial charge in [0.25, 0.3) is 0 Å². The minimum Gasteiger partial charge on any atom is -0.496 e. The fourth-order valence-corrected chi connectivity index (χ4v) is 3.16. The molecule has 2 aromatic carbocycles. The molecule has 1 atom stereocenters. The number of rotatable bonds is 7. The van der Waals surface area contributed by atoms with E-state index in [1.54, 1.807) is 7.11 Å². The molecule has 0 aliphatic heterocycles. The van der Waals surface area contributed by atoms with Gasteiger partial charge in [-0.1, -0.05) is 36.4 Å². The first-order valence-corrected chi connectivity index (χ1v) is 8.07. The molecule has 3 rings (SSSR count). The van der Waals surface area contributed by atoms with Gasteiger partial charge in [-0.25, -0.2) is 0 Å². The fraction of sp³-hybridized carbons (Fsp3) is 0.250. The van der Waals surface area contributed by atoms with Gasteiger partial charge < -0.3 is 19.1 Å². The number of nitrogens with zero attached hydrogens (tertiary/aromatic N) is 1. The molecular weight excluding hydrogens is 318 g/mol. The maximum Gasteiger partial charge on any atom is 0.313 e.